The van der Waals surface area contributed by atoms with E-state index >= 15 is 0 Å². The summed E-state index contributed by atoms with van der Waals surface area (Å²) in [6, 6.07) is 14.8. The van der Waals surface area contributed by atoms with Crippen molar-refractivity contribution in [1.82, 2.24) is 0 Å². The van der Waals surface area contributed by atoms with Gasteiger partial charge >= 0.3 is 0 Å². The Balaban J connectivity index is 1.46. The summed E-state index contributed by atoms with van der Waals surface area (Å²) in [4.78, 5) is 13.2. The molecule has 1 fully saturated rings. The molecule has 2 aliphatic carbocycles. The normalized spacial score (nSPS) is 18.5. The van der Waals surface area contributed by atoms with E-state index in [9.17, 15) is 10.1 Å². The van der Waals surface area contributed by atoms with E-state index < -0.39 is 21.6 Å². The Morgan fingerprint density at radius 3 is 1.75 bits per heavy atom. The van der Waals surface area contributed by atoms with Crippen molar-refractivity contribution in [3.8, 4) is 23.7 Å². The molecule has 0 saturated heterocycles. The Bertz CT molecular complexity index is 1800. The molecule has 0 spiro atoms. The lowest BCUT2D eigenvalue weighted by Gasteiger charge is -2.37. The highest BCUT2D eigenvalue weighted by molar-refractivity contribution is 6.74. The van der Waals surface area contributed by atoms with Gasteiger partial charge in [0.05, 0.1) is 18.1 Å². The van der Waals surface area contributed by atoms with Crippen LogP contribution in [0.1, 0.15) is 91.2 Å². The Morgan fingerprint density at radius 2 is 1.29 bits per heavy atom. The maximum atomic E-state index is 11.2. The number of non-ortho nitro benzene ring substituents is 1. The van der Waals surface area contributed by atoms with Gasteiger partial charge in [-0.25, -0.2) is 0 Å². The molecular formula is C47H68N2O5Si2. The number of nitro groups is 1. The van der Waals surface area contributed by atoms with Gasteiger partial charge in [-0.1, -0.05) is 90.2 Å². The molecule has 304 valence electrons. The Labute approximate surface area is 341 Å². The molecule has 2 unspecified atom stereocenters. The first-order valence-corrected chi connectivity index (χ1v) is 26.4. The van der Waals surface area contributed by atoms with E-state index in [4.69, 9.17) is 13.6 Å². The standard InChI is InChI=1S/C47H68N2O5Si2/c1-46(2,3)55(8,9)53-35-41(42(36-54-56(10,11)47(4,5)6)25-17-38-21-28-45(29-22-38)49(50)51)24-16-37-19-26-44(27-20-37)48(7)30-14-12-13-15-31-52-34-43-33-39-18-23-40(43)32-39/h18-23,26-29,39-40,43H,12-15,30-36H2,1-11H3/b42-41+/t39?,40?,43-/m0/s1. The molecule has 0 radical (unpaired) electrons. The molecule has 1 saturated carbocycles. The Kier molecular flexibility index (Phi) is 16.0. The van der Waals surface area contributed by atoms with Crippen LogP contribution in [0.15, 0.2) is 71.8 Å². The largest absolute Gasteiger partial charge is 0.412 e. The minimum atomic E-state index is -2.13. The molecule has 4 rings (SSSR count). The van der Waals surface area contributed by atoms with Gasteiger partial charge in [-0.05, 0) is 116 Å². The van der Waals surface area contributed by atoms with E-state index in [-0.39, 0.29) is 15.8 Å². The zero-order valence-corrected chi connectivity index (χ0v) is 38.2. The van der Waals surface area contributed by atoms with Crippen molar-refractivity contribution >= 4 is 28.0 Å². The maximum absolute atomic E-state index is 11.2. The SMILES string of the molecule is CN(CCCCCCOC[C@@H]1CC2C=CC1C2)c1ccc(C#C/C(CO[Si](C)(C)C(C)(C)C)=C(/C#Cc2ccc([N+](=O)[O-])cc2)CO[Si](C)(C)C(C)(C)C)cc1. The molecule has 2 aromatic carbocycles. The summed E-state index contributed by atoms with van der Waals surface area (Å²) in [5.74, 6) is 15.8. The van der Waals surface area contributed by atoms with E-state index in [0.29, 0.717) is 18.8 Å². The number of hydrogen-bond acceptors (Lipinski definition) is 6. The lowest BCUT2D eigenvalue weighted by atomic mass is 9.95. The summed E-state index contributed by atoms with van der Waals surface area (Å²) in [6.45, 7) is 25.8. The topological polar surface area (TPSA) is 74.1 Å². The summed E-state index contributed by atoms with van der Waals surface area (Å²) >= 11 is 0. The summed E-state index contributed by atoms with van der Waals surface area (Å²) in [5, 5.41) is 11.3. The molecule has 9 heteroatoms. The smallest absolute Gasteiger partial charge is 0.269 e. The van der Waals surface area contributed by atoms with Crippen molar-refractivity contribution in [3.63, 3.8) is 0 Å². The second kappa shape index (κ2) is 19.8. The quantitative estimate of drug-likeness (QED) is 0.0396. The maximum Gasteiger partial charge on any atom is 0.269 e. The molecular weight excluding hydrogens is 729 g/mol. The fourth-order valence-corrected chi connectivity index (χ4v) is 8.33. The van der Waals surface area contributed by atoms with Crippen LogP contribution in [0.3, 0.4) is 0 Å². The van der Waals surface area contributed by atoms with Crippen molar-refractivity contribution in [2.24, 2.45) is 17.8 Å². The summed E-state index contributed by atoms with van der Waals surface area (Å²) in [6.07, 6.45) is 12.2. The molecule has 0 aliphatic heterocycles. The third kappa shape index (κ3) is 13.3. The highest BCUT2D eigenvalue weighted by Crippen LogP contribution is 2.43. The average Bonchev–Trinajstić information content (AvgIpc) is 3.76. The van der Waals surface area contributed by atoms with Crippen molar-refractivity contribution in [2.75, 3.05) is 44.9 Å². The van der Waals surface area contributed by atoms with Crippen LogP contribution in [0.4, 0.5) is 11.4 Å². The highest BCUT2D eigenvalue weighted by Gasteiger charge is 2.39. The van der Waals surface area contributed by atoms with Gasteiger partial charge in [-0.15, -0.1) is 0 Å². The lowest BCUT2D eigenvalue weighted by Crippen LogP contribution is -2.42. The zero-order chi connectivity index (χ0) is 41.1. The van der Waals surface area contributed by atoms with E-state index in [0.717, 1.165) is 67.1 Å². The summed E-state index contributed by atoms with van der Waals surface area (Å²) in [7, 11) is -2.10. The minimum absolute atomic E-state index is 0.0174. The molecule has 7 nitrogen and oxygen atoms in total. The molecule has 2 aromatic rings. The number of benzene rings is 2. The number of nitro benzene ring substituents is 1. The number of anilines is 1. The van der Waals surface area contributed by atoms with Crippen LogP contribution < -0.4 is 4.90 Å². The molecule has 0 aromatic heterocycles. The Morgan fingerprint density at radius 1 is 0.768 bits per heavy atom. The van der Waals surface area contributed by atoms with Crippen LogP contribution in [0.25, 0.3) is 0 Å². The third-order valence-corrected chi connectivity index (χ3v) is 21.5. The van der Waals surface area contributed by atoms with Crippen molar-refractivity contribution in [3.05, 3.63) is 93.1 Å². The Hall–Kier alpha value is -3.45. The van der Waals surface area contributed by atoms with Crippen LogP contribution in [0.5, 0.6) is 0 Å². The van der Waals surface area contributed by atoms with Gasteiger partial charge in [0, 0.05) is 66.9 Å². The van der Waals surface area contributed by atoms with E-state index in [1.807, 2.05) is 0 Å². The summed E-state index contributed by atoms with van der Waals surface area (Å²) in [5.41, 5.74) is 4.40. The highest BCUT2D eigenvalue weighted by atomic mass is 28.4. The predicted octanol–water partition coefficient (Wildman–Crippen LogP) is 11.6. The van der Waals surface area contributed by atoms with Gasteiger partial charge in [-0.3, -0.25) is 10.1 Å². The number of allylic oxidation sites excluding steroid dienone is 2. The number of fused-ring (bicyclic) bond motifs is 2. The van der Waals surface area contributed by atoms with Gasteiger partial charge in [0.15, 0.2) is 16.6 Å². The van der Waals surface area contributed by atoms with Crippen LogP contribution in [-0.4, -0.2) is 61.6 Å². The first-order valence-electron chi connectivity index (χ1n) is 20.6. The van der Waals surface area contributed by atoms with Gasteiger partial charge in [0.2, 0.25) is 0 Å². The van der Waals surface area contributed by atoms with Gasteiger partial charge < -0.3 is 18.5 Å². The van der Waals surface area contributed by atoms with Gasteiger partial charge in [-0.2, -0.15) is 0 Å². The first-order chi connectivity index (χ1) is 26.3. The first kappa shape index (κ1) is 45.3. The average molecular weight is 797 g/mol. The van der Waals surface area contributed by atoms with Crippen LogP contribution in [-0.2, 0) is 13.6 Å². The molecule has 3 atom stereocenters. The van der Waals surface area contributed by atoms with Crippen molar-refractivity contribution in [2.45, 2.75) is 116 Å². The number of nitrogens with zero attached hydrogens (tertiary/aromatic N) is 2. The fourth-order valence-electron chi connectivity index (χ4n) is 6.45. The molecule has 0 N–H and O–H groups in total. The van der Waals surface area contributed by atoms with Gasteiger partial charge in [0.25, 0.3) is 5.69 Å². The van der Waals surface area contributed by atoms with Crippen LogP contribution in [0.2, 0.25) is 36.3 Å². The van der Waals surface area contributed by atoms with E-state index in [1.165, 1.54) is 43.5 Å². The van der Waals surface area contributed by atoms with Crippen molar-refractivity contribution in [1.29, 1.82) is 0 Å². The number of rotatable bonds is 17. The fraction of sp³-hybridized carbons (Fsp3) is 0.574. The second-order valence-electron chi connectivity index (χ2n) is 18.9. The van der Waals surface area contributed by atoms with Crippen molar-refractivity contribution < 1.29 is 18.5 Å². The van der Waals surface area contributed by atoms with Crippen LogP contribution in [0, 0.1) is 51.5 Å². The molecule has 56 heavy (non-hydrogen) atoms. The summed E-state index contributed by atoms with van der Waals surface area (Å²) < 4.78 is 19.5. The third-order valence-electron chi connectivity index (χ3n) is 12.5. The molecule has 0 amide bonds. The monoisotopic (exact) mass is 796 g/mol. The number of unbranched alkanes of at least 4 members (excludes halogenated alkanes) is 3. The number of ether oxygens (including phenoxy) is 1. The zero-order valence-electron chi connectivity index (χ0n) is 36.2. The van der Waals surface area contributed by atoms with E-state index in [2.05, 4.69) is 140 Å². The lowest BCUT2D eigenvalue weighted by molar-refractivity contribution is -0.384. The minimum Gasteiger partial charge on any atom is -0.412 e. The molecule has 2 bridgehead atoms. The van der Waals surface area contributed by atoms with Gasteiger partial charge in [0.1, 0.15) is 0 Å². The number of hydrogen-bond donors (Lipinski definition) is 0. The molecule has 0 heterocycles. The molecule has 2 aliphatic rings. The van der Waals surface area contributed by atoms with Crippen LogP contribution >= 0.6 is 0 Å². The predicted molar refractivity (Wildman–Crippen MR) is 238 cm³/mol. The second-order valence-corrected chi connectivity index (χ2v) is 28.5. The van der Waals surface area contributed by atoms with E-state index in [1.54, 1.807) is 12.1 Å².